The number of amides is 2. The number of carbonyl (C=O) groups is 2. The molecule has 28 heavy (non-hydrogen) atoms. The second-order valence-corrected chi connectivity index (χ2v) is 7.73. The van der Waals surface area contributed by atoms with Crippen LogP contribution >= 0.6 is 0 Å². The highest BCUT2D eigenvalue weighted by atomic mass is 16.3. The van der Waals surface area contributed by atoms with Crippen LogP contribution in [0.25, 0.3) is 10.8 Å². The van der Waals surface area contributed by atoms with Crippen LogP contribution in [0.1, 0.15) is 24.8 Å². The number of benzene rings is 2. The molecule has 2 fully saturated rings. The fourth-order valence-electron chi connectivity index (χ4n) is 4.23. The van der Waals surface area contributed by atoms with E-state index < -0.39 is 6.04 Å². The lowest BCUT2D eigenvalue weighted by Crippen LogP contribution is -2.56. The number of nitrogens with zero attached hydrogens (tertiary/aromatic N) is 2. The lowest BCUT2D eigenvalue weighted by molar-refractivity contribution is -0.140. The summed E-state index contributed by atoms with van der Waals surface area (Å²) >= 11 is 0. The lowest BCUT2D eigenvalue weighted by Gasteiger charge is -2.37. The molecule has 0 aliphatic carbocycles. The van der Waals surface area contributed by atoms with Crippen LogP contribution in [0.15, 0.2) is 42.5 Å². The molecular weight excluding hydrogens is 354 g/mol. The molecule has 6 heteroatoms. The van der Waals surface area contributed by atoms with E-state index in [0.717, 1.165) is 6.54 Å². The summed E-state index contributed by atoms with van der Waals surface area (Å²) in [4.78, 5) is 29.2. The molecule has 2 aromatic carbocycles. The predicted molar refractivity (Wildman–Crippen MR) is 108 cm³/mol. The topological polar surface area (TPSA) is 72.9 Å². The number of aliphatic hydroxyl groups excluding tert-OH is 1. The highest BCUT2D eigenvalue weighted by Gasteiger charge is 2.33. The van der Waals surface area contributed by atoms with E-state index in [-0.39, 0.29) is 24.3 Å². The Morgan fingerprint density at radius 1 is 1.07 bits per heavy atom. The summed E-state index contributed by atoms with van der Waals surface area (Å²) in [7, 11) is 0. The summed E-state index contributed by atoms with van der Waals surface area (Å²) in [6, 6.07) is 14.0. The normalized spacial score (nSPS) is 21.7. The maximum atomic E-state index is 12.8. The molecule has 2 heterocycles. The number of fused-ring (bicyclic) bond motifs is 1. The Morgan fingerprint density at radius 2 is 1.82 bits per heavy atom. The molecule has 148 valence electrons. The molecule has 2 amide bonds. The maximum absolute atomic E-state index is 12.8. The van der Waals surface area contributed by atoms with Crippen LogP contribution < -0.4 is 5.32 Å². The fourth-order valence-corrected chi connectivity index (χ4v) is 4.23. The molecule has 4 rings (SSSR count). The van der Waals surface area contributed by atoms with Gasteiger partial charge in [-0.1, -0.05) is 42.5 Å². The van der Waals surface area contributed by atoms with E-state index in [1.807, 2.05) is 18.2 Å². The van der Waals surface area contributed by atoms with Crippen molar-refractivity contribution in [3.8, 4) is 0 Å². The number of piperazine rings is 1. The summed E-state index contributed by atoms with van der Waals surface area (Å²) in [5.41, 5.74) is 1.17. The van der Waals surface area contributed by atoms with Crippen LogP contribution in [0.3, 0.4) is 0 Å². The third-order valence-corrected chi connectivity index (χ3v) is 5.88. The minimum Gasteiger partial charge on any atom is -0.393 e. The fraction of sp³-hybridized carbons (Fsp3) is 0.455. The van der Waals surface area contributed by atoms with E-state index >= 15 is 0 Å². The monoisotopic (exact) mass is 381 g/mol. The molecule has 6 nitrogen and oxygen atoms in total. The minimum atomic E-state index is -0.452. The Kier molecular flexibility index (Phi) is 5.59. The van der Waals surface area contributed by atoms with Gasteiger partial charge in [0.05, 0.1) is 18.6 Å². The van der Waals surface area contributed by atoms with Gasteiger partial charge in [-0.25, -0.2) is 0 Å². The molecule has 2 aromatic rings. The zero-order chi connectivity index (χ0) is 19.5. The van der Waals surface area contributed by atoms with Gasteiger partial charge in [0.15, 0.2) is 0 Å². The van der Waals surface area contributed by atoms with Gasteiger partial charge in [-0.15, -0.1) is 0 Å². The van der Waals surface area contributed by atoms with Gasteiger partial charge >= 0.3 is 0 Å². The summed E-state index contributed by atoms with van der Waals surface area (Å²) in [5, 5.41) is 14.9. The Labute approximate surface area is 165 Å². The zero-order valence-electron chi connectivity index (χ0n) is 16.0. The Bertz CT molecular complexity index is 856. The maximum Gasteiger partial charge on any atom is 0.237 e. The van der Waals surface area contributed by atoms with Crippen LogP contribution in [0, 0.1) is 0 Å². The van der Waals surface area contributed by atoms with Crippen molar-refractivity contribution in [2.24, 2.45) is 0 Å². The van der Waals surface area contributed by atoms with E-state index in [2.05, 4.69) is 34.5 Å². The van der Waals surface area contributed by atoms with Gasteiger partial charge in [0.2, 0.25) is 11.8 Å². The van der Waals surface area contributed by atoms with Gasteiger partial charge in [0, 0.05) is 32.7 Å². The standard InChI is InChI=1S/C22H27N3O3/c26-18-8-11-24(12-9-18)21(27)14-20-22(28)23-10-13-25(20)15-17-6-3-5-16-4-1-2-7-19(16)17/h1-7,18,20,26H,8-15H2,(H,23,28)/t20-/m0/s1. The SMILES string of the molecule is O=C1NCCN(Cc2cccc3ccccc23)[C@H]1CC(=O)N1CCC(O)CC1. The van der Waals surface area contributed by atoms with Crippen LogP contribution in [0.5, 0.6) is 0 Å². The van der Waals surface area contributed by atoms with Crippen molar-refractivity contribution in [3.05, 3.63) is 48.0 Å². The predicted octanol–water partition coefficient (Wildman–Crippen LogP) is 1.51. The molecule has 1 atom stereocenters. The quantitative estimate of drug-likeness (QED) is 0.842. The van der Waals surface area contributed by atoms with E-state index in [0.29, 0.717) is 39.0 Å². The van der Waals surface area contributed by atoms with Gasteiger partial charge in [-0.2, -0.15) is 0 Å². The summed E-state index contributed by atoms with van der Waals surface area (Å²) in [5.74, 6) is -0.0752. The molecular formula is C22H27N3O3. The van der Waals surface area contributed by atoms with Crippen LogP contribution in [0.2, 0.25) is 0 Å². The van der Waals surface area contributed by atoms with Crippen LogP contribution in [0.4, 0.5) is 0 Å². The molecule has 2 saturated heterocycles. The van der Waals surface area contributed by atoms with Gasteiger partial charge < -0.3 is 15.3 Å². The number of hydrogen-bond donors (Lipinski definition) is 2. The highest BCUT2D eigenvalue weighted by molar-refractivity contribution is 5.89. The first-order valence-corrected chi connectivity index (χ1v) is 10.1. The van der Waals surface area contributed by atoms with Crippen molar-refractivity contribution < 1.29 is 14.7 Å². The molecule has 0 radical (unpaired) electrons. The van der Waals surface area contributed by atoms with Gasteiger partial charge in [-0.3, -0.25) is 14.5 Å². The molecule has 0 aromatic heterocycles. The summed E-state index contributed by atoms with van der Waals surface area (Å²) < 4.78 is 0. The number of likely N-dealkylation sites (tertiary alicyclic amines) is 1. The van der Waals surface area contributed by atoms with E-state index in [1.165, 1.54) is 16.3 Å². The Morgan fingerprint density at radius 3 is 2.64 bits per heavy atom. The number of piperidine rings is 1. The first-order valence-electron chi connectivity index (χ1n) is 10.1. The molecule has 2 N–H and O–H groups in total. The third-order valence-electron chi connectivity index (χ3n) is 5.88. The van der Waals surface area contributed by atoms with Crippen molar-refractivity contribution in [1.29, 1.82) is 0 Å². The van der Waals surface area contributed by atoms with Crippen molar-refractivity contribution in [2.75, 3.05) is 26.2 Å². The largest absolute Gasteiger partial charge is 0.393 e. The van der Waals surface area contributed by atoms with Crippen LogP contribution in [-0.4, -0.2) is 65.0 Å². The first kappa shape index (κ1) is 18.9. The van der Waals surface area contributed by atoms with E-state index in [1.54, 1.807) is 4.90 Å². The molecule has 0 bridgehead atoms. The van der Waals surface area contributed by atoms with Crippen molar-refractivity contribution >= 4 is 22.6 Å². The number of hydrogen-bond acceptors (Lipinski definition) is 4. The number of rotatable bonds is 4. The first-order chi connectivity index (χ1) is 13.6. The van der Waals surface area contributed by atoms with Crippen molar-refractivity contribution in [2.45, 2.75) is 38.0 Å². The smallest absolute Gasteiger partial charge is 0.237 e. The molecule has 2 aliphatic rings. The van der Waals surface area contributed by atoms with E-state index in [4.69, 9.17) is 0 Å². The van der Waals surface area contributed by atoms with Crippen LogP contribution in [-0.2, 0) is 16.1 Å². The molecule has 0 unspecified atom stereocenters. The lowest BCUT2D eigenvalue weighted by atomic mass is 10.0. The van der Waals surface area contributed by atoms with Crippen molar-refractivity contribution in [1.82, 2.24) is 15.1 Å². The zero-order valence-corrected chi connectivity index (χ0v) is 16.0. The molecule has 2 aliphatic heterocycles. The van der Waals surface area contributed by atoms with Crippen molar-refractivity contribution in [3.63, 3.8) is 0 Å². The van der Waals surface area contributed by atoms with Gasteiger partial charge in [-0.05, 0) is 29.2 Å². The summed E-state index contributed by atoms with van der Waals surface area (Å²) in [6.45, 7) is 3.11. The van der Waals surface area contributed by atoms with E-state index in [9.17, 15) is 14.7 Å². The second kappa shape index (κ2) is 8.29. The number of nitrogens with one attached hydrogen (secondary N) is 1. The number of carbonyl (C=O) groups excluding carboxylic acids is 2. The molecule has 0 spiro atoms. The highest BCUT2D eigenvalue weighted by Crippen LogP contribution is 2.23. The second-order valence-electron chi connectivity index (χ2n) is 7.73. The average Bonchev–Trinajstić information content (AvgIpc) is 2.71. The number of aliphatic hydroxyl groups is 1. The minimum absolute atomic E-state index is 0.00290. The third kappa shape index (κ3) is 4.03. The Balaban J connectivity index is 1.50. The summed E-state index contributed by atoms with van der Waals surface area (Å²) in [6.07, 6.45) is 1.10. The molecule has 0 saturated carbocycles. The Hall–Kier alpha value is -2.44. The van der Waals surface area contributed by atoms with Gasteiger partial charge in [0.25, 0.3) is 0 Å². The van der Waals surface area contributed by atoms with Gasteiger partial charge in [0.1, 0.15) is 0 Å². The average molecular weight is 381 g/mol.